The van der Waals surface area contributed by atoms with Gasteiger partial charge in [0.1, 0.15) is 19.0 Å². The first-order valence-corrected chi connectivity index (χ1v) is 9.37. The van der Waals surface area contributed by atoms with Crippen LogP contribution in [0.5, 0.6) is 17.2 Å². The van der Waals surface area contributed by atoms with E-state index in [2.05, 4.69) is 15.3 Å². The first kappa shape index (κ1) is 16.1. The van der Waals surface area contributed by atoms with Crippen molar-refractivity contribution in [3.8, 4) is 17.2 Å². The van der Waals surface area contributed by atoms with Crippen LogP contribution in [0.3, 0.4) is 0 Å². The zero-order chi connectivity index (χ0) is 18.2. The molecule has 0 spiro atoms. The molecule has 0 amide bonds. The van der Waals surface area contributed by atoms with Crippen LogP contribution in [0.4, 0.5) is 0 Å². The number of hydrogen-bond donors (Lipinski definition) is 0. The minimum absolute atomic E-state index is 0.266. The van der Waals surface area contributed by atoms with Crippen LogP contribution in [0.1, 0.15) is 22.5 Å². The number of aromatic nitrogens is 4. The molecule has 5 rings (SSSR count). The third kappa shape index (κ3) is 3.08. The van der Waals surface area contributed by atoms with Crippen LogP contribution < -0.4 is 14.2 Å². The third-order valence-corrected chi connectivity index (χ3v) is 5.23. The van der Waals surface area contributed by atoms with Gasteiger partial charge in [-0.05, 0) is 31.2 Å². The summed E-state index contributed by atoms with van der Waals surface area (Å²) in [5.41, 5.74) is 1.19. The van der Waals surface area contributed by atoms with E-state index in [9.17, 15) is 0 Å². The van der Waals surface area contributed by atoms with E-state index in [-0.39, 0.29) is 12.7 Å². The highest BCUT2D eigenvalue weighted by Gasteiger charge is 2.26. The summed E-state index contributed by atoms with van der Waals surface area (Å²) in [4.78, 5) is 0.704. The van der Waals surface area contributed by atoms with Crippen molar-refractivity contribution in [2.45, 2.75) is 19.6 Å². The fourth-order valence-electron chi connectivity index (χ4n) is 2.82. The number of para-hydroxylation sites is 2. The molecule has 0 saturated carbocycles. The van der Waals surface area contributed by atoms with Crippen LogP contribution in [-0.2, 0) is 6.61 Å². The van der Waals surface area contributed by atoms with Gasteiger partial charge in [0, 0.05) is 0 Å². The van der Waals surface area contributed by atoms with Gasteiger partial charge in [-0.1, -0.05) is 41.2 Å². The largest absolute Gasteiger partial charge is 0.486 e. The van der Waals surface area contributed by atoms with Crippen LogP contribution in [0.25, 0.3) is 4.96 Å². The van der Waals surface area contributed by atoms with Gasteiger partial charge in [-0.15, -0.1) is 10.2 Å². The quantitative estimate of drug-likeness (QED) is 0.539. The topological polar surface area (TPSA) is 70.8 Å². The average Bonchev–Trinajstić information content (AvgIpc) is 3.28. The third-order valence-electron chi connectivity index (χ3n) is 4.24. The van der Waals surface area contributed by atoms with E-state index in [1.807, 2.05) is 55.5 Å². The Labute approximate surface area is 159 Å². The molecular formula is C19H16N4O3S. The van der Waals surface area contributed by atoms with Crippen LogP contribution in [-0.4, -0.2) is 26.4 Å². The fourth-order valence-corrected chi connectivity index (χ4v) is 3.69. The van der Waals surface area contributed by atoms with Crippen molar-refractivity contribution < 1.29 is 14.2 Å². The highest BCUT2D eigenvalue weighted by molar-refractivity contribution is 7.16. The Kier molecular flexibility index (Phi) is 3.90. The van der Waals surface area contributed by atoms with Crippen molar-refractivity contribution in [3.05, 3.63) is 64.9 Å². The number of ether oxygens (including phenoxy) is 3. The molecule has 0 bridgehead atoms. The maximum atomic E-state index is 6.03. The van der Waals surface area contributed by atoms with E-state index < -0.39 is 0 Å². The molecule has 8 heteroatoms. The highest BCUT2D eigenvalue weighted by Crippen LogP contribution is 2.36. The monoisotopic (exact) mass is 380 g/mol. The number of hydrogen-bond acceptors (Lipinski definition) is 7. The predicted octanol–water partition coefficient (Wildman–Crippen LogP) is 3.59. The Morgan fingerprint density at radius 1 is 1.11 bits per heavy atom. The lowest BCUT2D eigenvalue weighted by Gasteiger charge is -2.24. The average molecular weight is 380 g/mol. The summed E-state index contributed by atoms with van der Waals surface area (Å²) in [6.45, 7) is 2.74. The molecule has 1 aliphatic heterocycles. The molecule has 1 aliphatic rings. The van der Waals surface area contributed by atoms with Gasteiger partial charge in [0.15, 0.2) is 28.4 Å². The number of nitrogens with zero attached hydrogens (tertiary/aromatic N) is 4. The molecule has 0 saturated heterocycles. The van der Waals surface area contributed by atoms with Crippen molar-refractivity contribution >= 4 is 16.3 Å². The molecule has 0 fully saturated rings. The van der Waals surface area contributed by atoms with Crippen molar-refractivity contribution in [2.75, 3.05) is 6.61 Å². The van der Waals surface area contributed by atoms with Gasteiger partial charge >= 0.3 is 0 Å². The van der Waals surface area contributed by atoms with Gasteiger partial charge in [0.2, 0.25) is 4.96 Å². The van der Waals surface area contributed by atoms with Crippen molar-refractivity contribution in [3.63, 3.8) is 0 Å². The lowest BCUT2D eigenvalue weighted by molar-refractivity contribution is 0.0903. The van der Waals surface area contributed by atoms with E-state index in [1.165, 1.54) is 16.9 Å². The normalized spacial score (nSPS) is 15.8. The lowest BCUT2D eigenvalue weighted by atomic mass is 10.2. The van der Waals surface area contributed by atoms with Crippen molar-refractivity contribution in [2.24, 2.45) is 0 Å². The molecule has 3 heterocycles. The van der Waals surface area contributed by atoms with E-state index in [0.717, 1.165) is 22.3 Å². The summed E-state index contributed by atoms with van der Waals surface area (Å²) in [6.07, 6.45) is -0.266. The molecule has 2 aromatic heterocycles. The molecule has 0 N–H and O–H groups in total. The lowest BCUT2D eigenvalue weighted by Crippen LogP contribution is -2.21. The van der Waals surface area contributed by atoms with Gasteiger partial charge in [-0.25, -0.2) is 0 Å². The number of rotatable bonds is 4. The molecule has 27 heavy (non-hydrogen) atoms. The molecule has 136 valence electrons. The van der Waals surface area contributed by atoms with E-state index >= 15 is 0 Å². The second kappa shape index (κ2) is 6.55. The Balaban J connectivity index is 1.35. The summed E-state index contributed by atoms with van der Waals surface area (Å²) in [7, 11) is 0. The number of aryl methyl sites for hydroxylation is 1. The van der Waals surface area contributed by atoms with Crippen molar-refractivity contribution in [1.82, 2.24) is 19.8 Å². The predicted molar refractivity (Wildman–Crippen MR) is 99.5 cm³/mol. The minimum Gasteiger partial charge on any atom is -0.486 e. The maximum Gasteiger partial charge on any atom is 0.234 e. The smallest absolute Gasteiger partial charge is 0.234 e. The molecule has 0 aliphatic carbocycles. The molecule has 1 atom stereocenters. The van der Waals surface area contributed by atoms with Crippen molar-refractivity contribution in [1.29, 1.82) is 0 Å². The maximum absolute atomic E-state index is 6.03. The summed E-state index contributed by atoms with van der Waals surface area (Å²) in [6, 6.07) is 15.5. The molecule has 2 aromatic carbocycles. The Bertz CT molecular complexity index is 1090. The molecular weight excluding hydrogens is 364 g/mol. The first-order valence-electron chi connectivity index (χ1n) is 8.55. The summed E-state index contributed by atoms with van der Waals surface area (Å²) >= 11 is 1.44. The molecule has 1 unspecified atom stereocenters. The SMILES string of the molecule is Cc1ccc(OCc2nnc3sc(C4COc5ccccc5O4)nn23)cc1. The van der Waals surface area contributed by atoms with Crippen LogP contribution in [0, 0.1) is 6.92 Å². The van der Waals surface area contributed by atoms with Gasteiger partial charge in [-0.3, -0.25) is 0 Å². The van der Waals surface area contributed by atoms with Crippen LogP contribution >= 0.6 is 11.3 Å². The molecule has 7 nitrogen and oxygen atoms in total. The Morgan fingerprint density at radius 3 is 2.78 bits per heavy atom. The van der Waals surface area contributed by atoms with Gasteiger partial charge in [0.25, 0.3) is 0 Å². The first-order chi connectivity index (χ1) is 13.3. The zero-order valence-electron chi connectivity index (χ0n) is 14.5. The summed E-state index contributed by atoms with van der Waals surface area (Å²) in [5.74, 6) is 2.91. The van der Waals surface area contributed by atoms with E-state index in [0.29, 0.717) is 17.4 Å². The molecule has 4 aromatic rings. The van der Waals surface area contributed by atoms with E-state index in [1.54, 1.807) is 4.52 Å². The second-order valence-electron chi connectivity index (χ2n) is 6.22. The number of fused-ring (bicyclic) bond motifs is 2. The highest BCUT2D eigenvalue weighted by atomic mass is 32.1. The summed E-state index contributed by atoms with van der Waals surface area (Å²) in [5, 5.41) is 13.8. The van der Waals surface area contributed by atoms with Gasteiger partial charge in [-0.2, -0.15) is 9.61 Å². The zero-order valence-corrected chi connectivity index (χ0v) is 15.3. The Hall–Kier alpha value is -3.13. The number of benzene rings is 2. The second-order valence-corrected chi connectivity index (χ2v) is 7.20. The standard InChI is InChI=1S/C19H16N4O3S/c1-12-6-8-13(9-7-12)24-11-17-20-21-19-23(17)22-18(27-19)16-10-25-14-4-2-3-5-15(14)26-16/h2-9,16H,10-11H2,1H3. The van der Waals surface area contributed by atoms with Gasteiger partial charge < -0.3 is 14.2 Å². The summed E-state index contributed by atoms with van der Waals surface area (Å²) < 4.78 is 19.3. The Morgan fingerprint density at radius 2 is 1.93 bits per heavy atom. The van der Waals surface area contributed by atoms with Crippen LogP contribution in [0.2, 0.25) is 0 Å². The van der Waals surface area contributed by atoms with Gasteiger partial charge in [0.05, 0.1) is 0 Å². The molecule has 0 radical (unpaired) electrons. The van der Waals surface area contributed by atoms with Crippen LogP contribution in [0.15, 0.2) is 48.5 Å². The fraction of sp³-hybridized carbons (Fsp3) is 0.211. The van der Waals surface area contributed by atoms with E-state index in [4.69, 9.17) is 14.2 Å². The minimum atomic E-state index is -0.266.